The minimum absolute atomic E-state index is 0.0355. The molecule has 4 heterocycles. The van der Waals surface area contributed by atoms with E-state index in [0.29, 0.717) is 18.4 Å². The number of rotatable bonds is 2. The molecule has 1 saturated heterocycles. The molecule has 0 saturated carbocycles. The third kappa shape index (κ3) is 3.42. The molecule has 0 aliphatic carbocycles. The summed E-state index contributed by atoms with van der Waals surface area (Å²) in [4.78, 5) is 28.4. The number of carbonyl (C=O) groups is 1. The summed E-state index contributed by atoms with van der Waals surface area (Å²) in [5.41, 5.74) is 2.50. The second-order valence-corrected chi connectivity index (χ2v) is 10.9. The summed E-state index contributed by atoms with van der Waals surface area (Å²) in [7, 11) is 0. The lowest BCUT2D eigenvalue weighted by Crippen LogP contribution is -2.62. The van der Waals surface area contributed by atoms with Gasteiger partial charge in [-0.2, -0.15) is 0 Å². The first-order valence-corrected chi connectivity index (χ1v) is 11.7. The molecule has 1 aromatic heterocycles. The molecular weight excluding hydrogens is 406 g/mol. The van der Waals surface area contributed by atoms with Crippen LogP contribution in [0.25, 0.3) is 11.0 Å². The maximum Gasteiger partial charge on any atom is 0.349 e. The number of piperidine rings is 1. The monoisotopic (exact) mass is 438 g/mol. The van der Waals surface area contributed by atoms with Crippen molar-refractivity contribution in [1.82, 2.24) is 10.4 Å². The number of nitrogens with zero attached hydrogens (tertiary/aromatic N) is 2. The van der Waals surface area contributed by atoms with Gasteiger partial charge in [0.1, 0.15) is 11.1 Å². The molecule has 0 unspecified atom stereocenters. The average molecular weight is 439 g/mol. The molecule has 1 aromatic carbocycles. The van der Waals surface area contributed by atoms with Crippen LogP contribution in [0.2, 0.25) is 0 Å². The Hall–Kier alpha value is -2.38. The lowest BCUT2D eigenvalue weighted by Gasteiger charge is -2.49. The van der Waals surface area contributed by atoms with Crippen molar-refractivity contribution >= 4 is 22.6 Å². The number of carbonyl (C=O) groups excluding carboxylic acids is 1. The highest BCUT2D eigenvalue weighted by Gasteiger charge is 2.46. The van der Waals surface area contributed by atoms with E-state index in [-0.39, 0.29) is 11.6 Å². The lowest BCUT2D eigenvalue weighted by atomic mass is 9.79. The number of fused-ring (bicyclic) bond motifs is 2. The van der Waals surface area contributed by atoms with Crippen molar-refractivity contribution in [2.24, 2.45) is 0 Å². The molecule has 0 atom stereocenters. The van der Waals surface area contributed by atoms with Crippen LogP contribution >= 0.6 is 0 Å². The van der Waals surface area contributed by atoms with Gasteiger partial charge in [0.25, 0.3) is 5.91 Å². The van der Waals surface area contributed by atoms with Crippen molar-refractivity contribution in [3.05, 3.63) is 39.2 Å². The van der Waals surface area contributed by atoms with Crippen molar-refractivity contribution in [2.45, 2.75) is 83.3 Å². The molecule has 5 rings (SSSR count). The van der Waals surface area contributed by atoms with Crippen LogP contribution in [-0.4, -0.2) is 41.2 Å². The molecule has 171 valence electrons. The summed E-state index contributed by atoms with van der Waals surface area (Å²) >= 11 is 0. The Balaban J connectivity index is 1.49. The number of amides is 1. The Morgan fingerprint density at radius 3 is 2.41 bits per heavy atom. The number of nitrogens with one attached hydrogen (secondary N) is 1. The summed E-state index contributed by atoms with van der Waals surface area (Å²) in [6.07, 6.45) is 5.11. The molecule has 0 bridgehead atoms. The van der Waals surface area contributed by atoms with E-state index in [1.54, 1.807) is 6.07 Å². The first-order chi connectivity index (χ1) is 15.1. The molecule has 7 nitrogen and oxygen atoms in total. The van der Waals surface area contributed by atoms with Gasteiger partial charge in [0, 0.05) is 46.8 Å². The summed E-state index contributed by atoms with van der Waals surface area (Å²) < 4.78 is 5.77. The van der Waals surface area contributed by atoms with Crippen LogP contribution in [0, 0.1) is 0 Å². The molecule has 2 aromatic rings. The van der Waals surface area contributed by atoms with Crippen molar-refractivity contribution in [2.75, 3.05) is 18.0 Å². The van der Waals surface area contributed by atoms with Crippen LogP contribution < -0.4 is 15.8 Å². The summed E-state index contributed by atoms with van der Waals surface area (Å²) in [5.74, 6) is -0.426. The van der Waals surface area contributed by atoms with Gasteiger partial charge in [-0.1, -0.05) is 0 Å². The number of hydroxylamine groups is 2. The minimum Gasteiger partial charge on any atom is -0.422 e. The van der Waals surface area contributed by atoms with Crippen molar-refractivity contribution in [3.8, 4) is 0 Å². The maximum absolute atomic E-state index is 13.1. The predicted octanol–water partition coefficient (Wildman–Crippen LogP) is 3.59. The first-order valence-electron chi connectivity index (χ1n) is 11.7. The lowest BCUT2D eigenvalue weighted by molar-refractivity contribution is -0.289. The van der Waals surface area contributed by atoms with E-state index in [1.807, 2.05) is 27.7 Å². The predicted molar refractivity (Wildman–Crippen MR) is 123 cm³/mol. The number of anilines is 1. The second-order valence-electron chi connectivity index (χ2n) is 10.9. The molecule has 1 fully saturated rings. The van der Waals surface area contributed by atoms with E-state index < -0.39 is 22.6 Å². The summed E-state index contributed by atoms with van der Waals surface area (Å²) in [6.45, 7) is 9.66. The van der Waals surface area contributed by atoms with Gasteiger partial charge in [0.05, 0.1) is 0 Å². The fourth-order valence-electron chi connectivity index (χ4n) is 6.23. The SMILES string of the molecule is CC1(C)CC(NC(=O)c2cc3cc4c5c(c3oc2=O)CCCN5CCC4)CC(C)(C)N1[O]. The molecule has 1 N–H and O–H groups in total. The molecule has 0 spiro atoms. The van der Waals surface area contributed by atoms with Crippen LogP contribution in [0.3, 0.4) is 0 Å². The number of benzene rings is 1. The third-order valence-corrected chi connectivity index (χ3v) is 7.39. The Morgan fingerprint density at radius 1 is 1.06 bits per heavy atom. The fraction of sp³-hybridized carbons (Fsp3) is 0.600. The third-order valence-electron chi connectivity index (χ3n) is 7.39. The molecular formula is C25H32N3O4. The van der Waals surface area contributed by atoms with Crippen LogP contribution in [0.15, 0.2) is 21.3 Å². The van der Waals surface area contributed by atoms with E-state index in [9.17, 15) is 14.8 Å². The molecule has 1 amide bonds. The number of hydrogen-bond donors (Lipinski definition) is 1. The quantitative estimate of drug-likeness (QED) is 0.725. The van der Waals surface area contributed by atoms with Gasteiger partial charge in [-0.3, -0.25) is 4.79 Å². The Morgan fingerprint density at radius 2 is 1.72 bits per heavy atom. The zero-order chi connectivity index (χ0) is 22.8. The minimum atomic E-state index is -0.598. The zero-order valence-corrected chi connectivity index (χ0v) is 19.4. The zero-order valence-electron chi connectivity index (χ0n) is 19.4. The van der Waals surface area contributed by atoms with Crippen LogP contribution in [0.5, 0.6) is 0 Å². The van der Waals surface area contributed by atoms with E-state index in [0.717, 1.165) is 54.8 Å². The van der Waals surface area contributed by atoms with Gasteiger partial charge in [-0.25, -0.2) is 4.79 Å². The van der Waals surface area contributed by atoms with Gasteiger partial charge >= 0.3 is 5.63 Å². The molecule has 1 radical (unpaired) electrons. The van der Waals surface area contributed by atoms with Gasteiger partial charge in [0.15, 0.2) is 0 Å². The Bertz CT molecular complexity index is 1130. The molecule has 32 heavy (non-hydrogen) atoms. The maximum atomic E-state index is 13.1. The highest BCUT2D eigenvalue weighted by molar-refractivity contribution is 5.98. The van der Waals surface area contributed by atoms with Crippen molar-refractivity contribution < 1.29 is 14.4 Å². The van der Waals surface area contributed by atoms with Crippen LogP contribution in [0.4, 0.5) is 5.69 Å². The van der Waals surface area contributed by atoms with Crippen molar-refractivity contribution in [3.63, 3.8) is 0 Å². The van der Waals surface area contributed by atoms with Crippen LogP contribution in [0.1, 0.15) is 74.9 Å². The highest BCUT2D eigenvalue weighted by Crippen LogP contribution is 2.40. The molecule has 7 heteroatoms. The van der Waals surface area contributed by atoms with E-state index in [1.165, 1.54) is 11.3 Å². The topological polar surface area (TPSA) is 85.7 Å². The van der Waals surface area contributed by atoms with E-state index >= 15 is 0 Å². The Labute approximate surface area is 188 Å². The van der Waals surface area contributed by atoms with Crippen molar-refractivity contribution in [1.29, 1.82) is 0 Å². The number of aryl methyl sites for hydroxylation is 2. The Kier molecular flexibility index (Phi) is 4.91. The average Bonchev–Trinajstić information content (AvgIpc) is 2.72. The second kappa shape index (κ2) is 7.32. The van der Waals surface area contributed by atoms with Gasteiger partial charge in [0.2, 0.25) is 0 Å². The normalized spacial score (nSPS) is 22.6. The van der Waals surface area contributed by atoms with E-state index in [2.05, 4.69) is 16.3 Å². The van der Waals surface area contributed by atoms with E-state index in [4.69, 9.17) is 4.42 Å². The summed E-state index contributed by atoms with van der Waals surface area (Å²) in [6, 6.07) is 3.60. The van der Waals surface area contributed by atoms with Gasteiger partial charge in [-0.15, -0.1) is 10.3 Å². The summed E-state index contributed by atoms with van der Waals surface area (Å²) in [5, 5.41) is 17.6. The highest BCUT2D eigenvalue weighted by atomic mass is 16.5. The largest absolute Gasteiger partial charge is 0.422 e. The smallest absolute Gasteiger partial charge is 0.349 e. The van der Waals surface area contributed by atoms with Crippen LogP contribution in [-0.2, 0) is 18.0 Å². The number of hydrogen-bond acceptors (Lipinski definition) is 5. The first kappa shape index (κ1) is 21.5. The molecule has 3 aliphatic rings. The fourth-order valence-corrected chi connectivity index (χ4v) is 6.23. The van der Waals surface area contributed by atoms with Gasteiger partial charge < -0.3 is 14.6 Å². The van der Waals surface area contributed by atoms with Gasteiger partial charge in [-0.05, 0) is 83.9 Å². The standard InChI is InChI=1S/C25H32N3O4/c1-24(2)13-17(14-25(3,4)28(24)31)26-22(29)19-12-16-11-15-7-5-9-27-10-6-8-18(20(15)27)21(16)32-23(19)30/h11-12,17H,5-10,13-14H2,1-4H3,(H,26,29). The molecule has 3 aliphatic heterocycles.